The third-order valence-electron chi connectivity index (χ3n) is 6.29. The summed E-state index contributed by atoms with van der Waals surface area (Å²) in [5, 5.41) is 9.76. The van der Waals surface area contributed by atoms with Crippen LogP contribution in [0.5, 0.6) is 0 Å². The van der Waals surface area contributed by atoms with Crippen LogP contribution >= 0.6 is 0 Å². The van der Waals surface area contributed by atoms with Crippen molar-refractivity contribution in [2.24, 2.45) is 0 Å². The fourth-order valence-electron chi connectivity index (χ4n) is 4.52. The molecule has 36 heavy (non-hydrogen) atoms. The quantitative estimate of drug-likeness (QED) is 0.328. The largest absolute Gasteiger partial charge is 0.399 e. The number of nitriles is 1. The number of benzene rings is 3. The first-order valence-corrected chi connectivity index (χ1v) is 11.9. The van der Waals surface area contributed by atoms with E-state index in [1.807, 2.05) is 42.5 Å². The highest BCUT2D eigenvalue weighted by Crippen LogP contribution is 2.29. The highest BCUT2D eigenvalue weighted by atomic mass is 16.2. The zero-order chi connectivity index (χ0) is 25.5. The van der Waals surface area contributed by atoms with Crippen LogP contribution < -0.4 is 10.6 Å². The molecular formula is C29H29N5O2. The van der Waals surface area contributed by atoms with Crippen molar-refractivity contribution >= 4 is 23.2 Å². The Labute approximate surface area is 211 Å². The fourth-order valence-corrected chi connectivity index (χ4v) is 4.52. The van der Waals surface area contributed by atoms with Gasteiger partial charge in [-0.2, -0.15) is 5.26 Å². The zero-order valence-electron chi connectivity index (χ0n) is 20.2. The molecule has 2 N–H and O–H groups in total. The van der Waals surface area contributed by atoms with Crippen molar-refractivity contribution in [1.29, 1.82) is 5.26 Å². The number of nitrogen functional groups attached to an aromatic ring is 1. The Morgan fingerprint density at radius 2 is 1.50 bits per heavy atom. The van der Waals surface area contributed by atoms with Gasteiger partial charge in [-0.25, -0.2) is 0 Å². The number of amides is 2. The first-order valence-electron chi connectivity index (χ1n) is 11.9. The monoisotopic (exact) mass is 479 g/mol. The molecule has 1 saturated heterocycles. The zero-order valence-corrected chi connectivity index (χ0v) is 20.2. The van der Waals surface area contributed by atoms with E-state index in [9.17, 15) is 14.9 Å². The summed E-state index contributed by atoms with van der Waals surface area (Å²) in [7, 11) is 0. The maximum Gasteiger partial charge on any atom is 0.266 e. The number of hydrogen-bond acceptors (Lipinski definition) is 5. The molecule has 182 valence electrons. The van der Waals surface area contributed by atoms with E-state index in [0.29, 0.717) is 37.6 Å². The lowest BCUT2D eigenvalue weighted by molar-refractivity contribution is -0.128. The van der Waals surface area contributed by atoms with Crippen molar-refractivity contribution in [3.63, 3.8) is 0 Å². The molecule has 7 heteroatoms. The van der Waals surface area contributed by atoms with Crippen molar-refractivity contribution in [2.75, 3.05) is 36.8 Å². The first kappa shape index (κ1) is 24.7. The van der Waals surface area contributed by atoms with Crippen molar-refractivity contribution in [2.45, 2.75) is 13.0 Å². The molecule has 7 nitrogen and oxygen atoms in total. The molecule has 3 aromatic rings. The van der Waals surface area contributed by atoms with Gasteiger partial charge < -0.3 is 10.6 Å². The van der Waals surface area contributed by atoms with Gasteiger partial charge >= 0.3 is 0 Å². The molecular weight excluding hydrogens is 450 g/mol. The third kappa shape index (κ3) is 5.62. The van der Waals surface area contributed by atoms with E-state index in [2.05, 4.69) is 29.2 Å². The minimum absolute atomic E-state index is 0.0763. The molecule has 0 unspecified atom stereocenters. The topological polar surface area (TPSA) is 93.7 Å². The number of piperazine rings is 1. The first-order chi connectivity index (χ1) is 17.5. The Hall–Kier alpha value is -4.41. The smallest absolute Gasteiger partial charge is 0.266 e. The van der Waals surface area contributed by atoms with Gasteiger partial charge in [0.25, 0.3) is 5.91 Å². The molecule has 2 amide bonds. The Bertz CT molecular complexity index is 1240. The lowest BCUT2D eigenvalue weighted by atomic mass is 9.96. The highest BCUT2D eigenvalue weighted by molar-refractivity contribution is 6.01. The molecule has 0 saturated carbocycles. The Morgan fingerprint density at radius 3 is 2.00 bits per heavy atom. The summed E-state index contributed by atoms with van der Waals surface area (Å²) in [6, 6.07) is 29.5. The van der Waals surface area contributed by atoms with Gasteiger partial charge in [-0.3, -0.25) is 19.4 Å². The van der Waals surface area contributed by atoms with E-state index in [1.54, 1.807) is 29.2 Å². The average molecular weight is 480 g/mol. The molecule has 0 aromatic heterocycles. The molecule has 0 atom stereocenters. The summed E-state index contributed by atoms with van der Waals surface area (Å²) >= 11 is 0. The number of nitrogens with zero attached hydrogens (tertiary/aromatic N) is 4. The van der Waals surface area contributed by atoms with Gasteiger partial charge in [0.15, 0.2) is 0 Å². The van der Waals surface area contributed by atoms with Crippen LogP contribution in [-0.2, 0) is 9.59 Å². The predicted octanol–water partition coefficient (Wildman–Crippen LogP) is 3.96. The van der Waals surface area contributed by atoms with Gasteiger partial charge in [0.05, 0.1) is 11.7 Å². The maximum atomic E-state index is 13.3. The lowest BCUT2D eigenvalue weighted by Gasteiger charge is -2.39. The van der Waals surface area contributed by atoms with Crippen LogP contribution in [0.2, 0.25) is 0 Å². The average Bonchev–Trinajstić information content (AvgIpc) is 2.90. The summed E-state index contributed by atoms with van der Waals surface area (Å²) in [6.07, 6.45) is 1.31. The Kier molecular flexibility index (Phi) is 7.79. The van der Waals surface area contributed by atoms with Crippen LogP contribution in [0, 0.1) is 11.3 Å². The van der Waals surface area contributed by atoms with Crippen molar-refractivity contribution in [3.05, 3.63) is 108 Å². The van der Waals surface area contributed by atoms with Gasteiger partial charge in [0.2, 0.25) is 5.91 Å². The van der Waals surface area contributed by atoms with Gasteiger partial charge in [-0.15, -0.1) is 0 Å². The molecule has 1 fully saturated rings. The molecule has 0 bridgehead atoms. The molecule has 1 aliphatic rings. The molecule has 4 rings (SSSR count). The van der Waals surface area contributed by atoms with Crippen LogP contribution in [-0.4, -0.2) is 47.8 Å². The third-order valence-corrected chi connectivity index (χ3v) is 6.29. The number of nitrogens with two attached hydrogens (primary N) is 1. The molecule has 3 aromatic carbocycles. The predicted molar refractivity (Wildman–Crippen MR) is 141 cm³/mol. The van der Waals surface area contributed by atoms with E-state index in [1.165, 1.54) is 29.2 Å². The van der Waals surface area contributed by atoms with E-state index in [4.69, 9.17) is 5.73 Å². The van der Waals surface area contributed by atoms with E-state index in [0.717, 1.165) is 0 Å². The van der Waals surface area contributed by atoms with Crippen LogP contribution in [0.1, 0.15) is 24.1 Å². The van der Waals surface area contributed by atoms with Crippen molar-refractivity contribution < 1.29 is 9.59 Å². The normalized spacial score (nSPS) is 14.4. The summed E-state index contributed by atoms with van der Waals surface area (Å²) in [5.41, 5.74) is 9.14. The van der Waals surface area contributed by atoms with Gasteiger partial charge in [0.1, 0.15) is 11.6 Å². The second-order valence-electron chi connectivity index (χ2n) is 8.69. The maximum absolute atomic E-state index is 13.3. The summed E-state index contributed by atoms with van der Waals surface area (Å²) < 4.78 is 0. The van der Waals surface area contributed by atoms with Gasteiger partial charge in [0, 0.05) is 45.0 Å². The second kappa shape index (κ2) is 11.3. The number of carbonyl (C=O) groups is 2. The SMILES string of the molecule is CC(=O)N(/C=C(/C#N)C(=O)N1CCN(C(c2ccccc2)c2ccccc2)CC1)c1cccc(N)c1. The molecule has 0 aliphatic carbocycles. The minimum atomic E-state index is -0.386. The number of rotatable bonds is 6. The van der Waals surface area contributed by atoms with E-state index in [-0.39, 0.29) is 23.4 Å². The Morgan fingerprint density at radius 1 is 0.917 bits per heavy atom. The van der Waals surface area contributed by atoms with Crippen LogP contribution in [0.3, 0.4) is 0 Å². The Balaban J connectivity index is 1.51. The van der Waals surface area contributed by atoms with Crippen LogP contribution in [0.25, 0.3) is 0 Å². The standard InChI is InChI=1S/C29H29N5O2/c1-22(35)34(27-14-8-13-26(31)19-27)21-25(20-30)29(36)33-17-15-32(16-18-33)28(23-9-4-2-5-10-23)24-11-6-3-7-12-24/h2-14,19,21,28H,15-18,31H2,1H3/b25-21-. The number of carbonyl (C=O) groups excluding carboxylic acids is 2. The summed E-state index contributed by atoms with van der Waals surface area (Å²) in [4.78, 5) is 30.9. The second-order valence-corrected chi connectivity index (χ2v) is 8.69. The van der Waals surface area contributed by atoms with E-state index < -0.39 is 0 Å². The van der Waals surface area contributed by atoms with Crippen molar-refractivity contribution in [3.8, 4) is 6.07 Å². The van der Waals surface area contributed by atoms with Crippen molar-refractivity contribution in [1.82, 2.24) is 9.80 Å². The number of anilines is 2. The molecule has 0 radical (unpaired) electrons. The highest BCUT2D eigenvalue weighted by Gasteiger charge is 2.29. The minimum Gasteiger partial charge on any atom is -0.399 e. The van der Waals surface area contributed by atoms with Gasteiger partial charge in [-0.05, 0) is 29.3 Å². The fraction of sp³-hybridized carbons (Fsp3) is 0.207. The van der Waals surface area contributed by atoms with Crippen LogP contribution in [0.4, 0.5) is 11.4 Å². The molecule has 0 spiro atoms. The van der Waals surface area contributed by atoms with Crippen LogP contribution in [0.15, 0.2) is 96.7 Å². The number of hydrogen-bond donors (Lipinski definition) is 1. The van der Waals surface area contributed by atoms with Gasteiger partial charge in [-0.1, -0.05) is 66.7 Å². The lowest BCUT2D eigenvalue weighted by Crippen LogP contribution is -2.50. The molecule has 1 heterocycles. The molecule has 1 aliphatic heterocycles. The summed E-state index contributed by atoms with van der Waals surface area (Å²) in [5.74, 6) is -0.706. The van der Waals surface area contributed by atoms with E-state index >= 15 is 0 Å². The summed E-state index contributed by atoms with van der Waals surface area (Å²) in [6.45, 7) is 3.65.